The molecule has 0 heterocycles. The Labute approximate surface area is 152 Å². The number of anilines is 1. The molecule has 0 radical (unpaired) electrons. The van der Waals surface area contributed by atoms with E-state index in [4.69, 9.17) is 4.74 Å². The topological polar surface area (TPSA) is 78.5 Å². The Morgan fingerprint density at radius 3 is 2.31 bits per heavy atom. The first kappa shape index (κ1) is 17.7. The fourth-order valence-electron chi connectivity index (χ4n) is 3.00. The number of carbonyl (C=O) groups excluding carboxylic acids is 2. The Morgan fingerprint density at radius 1 is 1.00 bits per heavy atom. The number of benzene rings is 2. The molecule has 0 spiro atoms. The summed E-state index contributed by atoms with van der Waals surface area (Å²) in [7, 11) is 0. The molecule has 5 nitrogen and oxygen atoms in total. The van der Waals surface area contributed by atoms with Crippen LogP contribution in [-0.2, 0) is 9.59 Å². The number of ether oxygens (including phenoxy) is 1. The third-order valence-corrected chi connectivity index (χ3v) is 4.52. The van der Waals surface area contributed by atoms with Crippen molar-refractivity contribution >= 4 is 17.6 Å². The van der Waals surface area contributed by atoms with Gasteiger partial charge in [0.05, 0.1) is 5.92 Å². The van der Waals surface area contributed by atoms with Gasteiger partial charge in [0.15, 0.2) is 0 Å². The highest BCUT2D eigenvalue weighted by Crippen LogP contribution is 2.28. The van der Waals surface area contributed by atoms with E-state index < -0.39 is 17.8 Å². The van der Waals surface area contributed by atoms with Gasteiger partial charge in [0, 0.05) is 17.6 Å². The van der Waals surface area contributed by atoms with Crippen molar-refractivity contribution in [3.63, 3.8) is 0 Å². The van der Waals surface area contributed by atoms with Crippen LogP contribution >= 0.6 is 0 Å². The third kappa shape index (κ3) is 4.11. The molecule has 2 aromatic rings. The van der Waals surface area contributed by atoms with Crippen molar-refractivity contribution in [2.45, 2.75) is 19.8 Å². The number of hydrogen-bond donors (Lipinski definition) is 1. The second-order valence-electron chi connectivity index (χ2n) is 6.36. The van der Waals surface area contributed by atoms with Crippen LogP contribution in [0.25, 0.3) is 0 Å². The van der Waals surface area contributed by atoms with Gasteiger partial charge in [0.25, 0.3) is 0 Å². The molecule has 1 aliphatic rings. The molecule has 0 bridgehead atoms. The van der Waals surface area contributed by atoms with Crippen molar-refractivity contribution in [3.8, 4) is 11.5 Å². The lowest BCUT2D eigenvalue weighted by molar-refractivity contribution is -0.313. The molecule has 5 heteroatoms. The van der Waals surface area contributed by atoms with Crippen LogP contribution in [0.4, 0.5) is 5.69 Å². The minimum atomic E-state index is -1.18. The first-order chi connectivity index (χ1) is 12.5. The normalized spacial score (nSPS) is 19.0. The smallest absolute Gasteiger partial charge is 0.228 e. The second kappa shape index (κ2) is 7.87. The average molecular weight is 350 g/mol. The van der Waals surface area contributed by atoms with Gasteiger partial charge in [-0.2, -0.15) is 0 Å². The number of carboxylic acid groups (broad SMARTS) is 1. The lowest BCUT2D eigenvalue weighted by Gasteiger charge is -2.28. The van der Waals surface area contributed by atoms with E-state index in [1.807, 2.05) is 37.3 Å². The third-order valence-electron chi connectivity index (χ3n) is 4.52. The number of hydrogen-bond acceptors (Lipinski definition) is 4. The van der Waals surface area contributed by atoms with Gasteiger partial charge in [-0.3, -0.25) is 4.79 Å². The summed E-state index contributed by atoms with van der Waals surface area (Å²) in [6.07, 6.45) is 4.34. The molecule has 0 fully saturated rings. The summed E-state index contributed by atoms with van der Waals surface area (Å²) < 4.78 is 5.83. The molecule has 1 N–H and O–H groups in total. The maximum absolute atomic E-state index is 12.4. The molecule has 0 unspecified atom stereocenters. The van der Waals surface area contributed by atoms with Gasteiger partial charge >= 0.3 is 0 Å². The van der Waals surface area contributed by atoms with E-state index in [1.165, 1.54) is 0 Å². The zero-order valence-electron chi connectivity index (χ0n) is 14.5. The van der Waals surface area contributed by atoms with Gasteiger partial charge < -0.3 is 20.0 Å². The minimum absolute atomic E-state index is 0.309. The van der Waals surface area contributed by atoms with Crippen LogP contribution in [-0.4, -0.2) is 11.9 Å². The summed E-state index contributed by atoms with van der Waals surface area (Å²) in [6, 6.07) is 14.7. The highest BCUT2D eigenvalue weighted by molar-refractivity contribution is 5.95. The molecule has 134 valence electrons. The highest BCUT2D eigenvalue weighted by Gasteiger charge is 2.29. The SMILES string of the molecule is Cc1ccccc1Oc1ccc(NC(=O)[C@H]2CC=CC[C@H]2C(=O)[O-])cc1. The minimum Gasteiger partial charge on any atom is -0.550 e. The molecule has 0 aromatic heterocycles. The van der Waals surface area contributed by atoms with Gasteiger partial charge in [-0.05, 0) is 55.7 Å². The second-order valence-corrected chi connectivity index (χ2v) is 6.36. The van der Waals surface area contributed by atoms with E-state index >= 15 is 0 Å². The molecule has 1 amide bonds. The number of amides is 1. The fourth-order valence-corrected chi connectivity index (χ4v) is 3.00. The van der Waals surface area contributed by atoms with E-state index in [0.717, 1.165) is 11.3 Å². The van der Waals surface area contributed by atoms with Crippen LogP contribution in [0.15, 0.2) is 60.7 Å². The van der Waals surface area contributed by atoms with Crippen LogP contribution < -0.4 is 15.2 Å². The highest BCUT2D eigenvalue weighted by atomic mass is 16.5. The molecule has 0 saturated heterocycles. The molecular formula is C21H20NO4-. The largest absolute Gasteiger partial charge is 0.550 e. The number of allylic oxidation sites excluding steroid dienone is 2. The first-order valence-electron chi connectivity index (χ1n) is 8.55. The van der Waals surface area contributed by atoms with Crippen molar-refractivity contribution in [2.75, 3.05) is 5.32 Å². The monoisotopic (exact) mass is 350 g/mol. The molecule has 0 saturated carbocycles. The van der Waals surface area contributed by atoms with Crippen LogP contribution in [0.2, 0.25) is 0 Å². The number of rotatable bonds is 5. The number of para-hydroxylation sites is 1. The van der Waals surface area contributed by atoms with Crippen LogP contribution in [0.3, 0.4) is 0 Å². The van der Waals surface area contributed by atoms with Crippen molar-refractivity contribution in [3.05, 3.63) is 66.2 Å². The van der Waals surface area contributed by atoms with Crippen LogP contribution in [0.5, 0.6) is 11.5 Å². The molecule has 3 rings (SSSR count). The predicted molar refractivity (Wildman–Crippen MR) is 96.7 cm³/mol. The van der Waals surface area contributed by atoms with Crippen molar-refractivity contribution in [2.24, 2.45) is 11.8 Å². The standard InChI is InChI=1S/C21H21NO4/c1-14-6-2-5-9-19(14)26-16-12-10-15(11-13-16)22-20(23)17-7-3-4-8-18(17)21(24)25/h2-6,9-13,17-18H,7-8H2,1H3,(H,22,23)(H,24,25)/p-1/t17-,18+/m0/s1. The fraction of sp³-hybridized carbons (Fsp3) is 0.238. The molecule has 26 heavy (non-hydrogen) atoms. The molecule has 2 atom stereocenters. The summed E-state index contributed by atoms with van der Waals surface area (Å²) in [5.74, 6) is -1.47. The van der Waals surface area contributed by atoms with Gasteiger partial charge in [-0.15, -0.1) is 0 Å². The Morgan fingerprint density at radius 2 is 1.65 bits per heavy atom. The van der Waals surface area contributed by atoms with Crippen LogP contribution in [0, 0.1) is 18.8 Å². The number of aryl methyl sites for hydroxylation is 1. The lowest BCUT2D eigenvalue weighted by atomic mass is 9.82. The average Bonchev–Trinajstić information content (AvgIpc) is 2.65. The first-order valence-corrected chi connectivity index (χ1v) is 8.55. The summed E-state index contributed by atoms with van der Waals surface area (Å²) in [5.41, 5.74) is 1.63. The summed E-state index contributed by atoms with van der Waals surface area (Å²) in [6.45, 7) is 1.97. The van der Waals surface area contributed by atoms with E-state index in [2.05, 4.69) is 5.32 Å². The molecule has 2 aromatic carbocycles. The van der Waals surface area contributed by atoms with Crippen LogP contribution in [0.1, 0.15) is 18.4 Å². The Balaban J connectivity index is 1.65. The number of carbonyl (C=O) groups is 2. The number of nitrogens with one attached hydrogen (secondary N) is 1. The van der Waals surface area contributed by atoms with E-state index in [9.17, 15) is 14.7 Å². The lowest BCUT2D eigenvalue weighted by Crippen LogP contribution is -2.41. The van der Waals surface area contributed by atoms with Gasteiger partial charge in [-0.25, -0.2) is 0 Å². The molecule has 1 aliphatic carbocycles. The van der Waals surface area contributed by atoms with Gasteiger partial charge in [0.2, 0.25) is 5.91 Å². The predicted octanol–water partition coefficient (Wildman–Crippen LogP) is 3.06. The summed E-state index contributed by atoms with van der Waals surface area (Å²) >= 11 is 0. The Bertz CT molecular complexity index is 826. The maximum atomic E-state index is 12.4. The Kier molecular flexibility index (Phi) is 5.37. The number of carboxylic acids is 1. The van der Waals surface area contributed by atoms with Crippen molar-refractivity contribution in [1.29, 1.82) is 0 Å². The summed E-state index contributed by atoms with van der Waals surface area (Å²) in [4.78, 5) is 23.7. The van der Waals surface area contributed by atoms with E-state index in [0.29, 0.717) is 24.3 Å². The molecular weight excluding hydrogens is 330 g/mol. The molecule has 0 aliphatic heterocycles. The van der Waals surface area contributed by atoms with Crippen molar-refractivity contribution < 1.29 is 19.4 Å². The van der Waals surface area contributed by atoms with Gasteiger partial charge in [-0.1, -0.05) is 30.4 Å². The maximum Gasteiger partial charge on any atom is 0.228 e. The number of aliphatic carboxylic acids is 1. The summed E-state index contributed by atoms with van der Waals surface area (Å²) in [5, 5.41) is 14.0. The van der Waals surface area contributed by atoms with Crippen molar-refractivity contribution in [1.82, 2.24) is 0 Å². The van der Waals surface area contributed by atoms with Gasteiger partial charge in [0.1, 0.15) is 11.5 Å². The van der Waals surface area contributed by atoms with E-state index in [-0.39, 0.29) is 5.91 Å². The zero-order chi connectivity index (χ0) is 18.5. The van der Waals surface area contributed by atoms with E-state index in [1.54, 1.807) is 30.3 Å². The quantitative estimate of drug-likeness (QED) is 0.841. The zero-order valence-corrected chi connectivity index (χ0v) is 14.5. The Hall–Kier alpha value is -3.08.